The summed E-state index contributed by atoms with van der Waals surface area (Å²) < 4.78 is 16.4. The molecule has 2 aromatic rings. The SMILES string of the molecule is CCCCCCCOC(=O)c1ccc(C(=O)Oc2ccccc2OC(C)C)cc1. The van der Waals surface area contributed by atoms with Gasteiger partial charge in [0.1, 0.15) is 0 Å². The Morgan fingerprint density at radius 3 is 2.00 bits per heavy atom. The molecule has 0 atom stereocenters. The van der Waals surface area contributed by atoms with E-state index in [2.05, 4.69) is 6.92 Å². The van der Waals surface area contributed by atoms with E-state index in [0.29, 0.717) is 29.2 Å². The predicted octanol–water partition coefficient (Wildman–Crippen LogP) is 5.82. The Morgan fingerprint density at radius 1 is 0.793 bits per heavy atom. The highest BCUT2D eigenvalue weighted by Gasteiger charge is 2.14. The van der Waals surface area contributed by atoms with Gasteiger partial charge >= 0.3 is 11.9 Å². The molecule has 0 N–H and O–H groups in total. The molecular formula is C24H30O5. The molecule has 0 saturated heterocycles. The van der Waals surface area contributed by atoms with Gasteiger partial charge in [0.2, 0.25) is 0 Å². The first-order valence-corrected chi connectivity index (χ1v) is 10.3. The number of carbonyl (C=O) groups is 2. The summed E-state index contributed by atoms with van der Waals surface area (Å²) in [4.78, 5) is 24.5. The fourth-order valence-electron chi connectivity index (χ4n) is 2.74. The van der Waals surface area contributed by atoms with E-state index in [9.17, 15) is 9.59 Å². The van der Waals surface area contributed by atoms with Crippen LogP contribution in [-0.4, -0.2) is 24.6 Å². The lowest BCUT2D eigenvalue weighted by molar-refractivity contribution is 0.0497. The van der Waals surface area contributed by atoms with Crippen molar-refractivity contribution in [2.75, 3.05) is 6.61 Å². The highest BCUT2D eigenvalue weighted by atomic mass is 16.6. The van der Waals surface area contributed by atoms with E-state index >= 15 is 0 Å². The number of hydrogen-bond acceptors (Lipinski definition) is 5. The van der Waals surface area contributed by atoms with Gasteiger partial charge in [0.25, 0.3) is 0 Å². The average molecular weight is 398 g/mol. The molecule has 0 amide bonds. The van der Waals surface area contributed by atoms with Crippen LogP contribution in [0.15, 0.2) is 48.5 Å². The Kier molecular flexibility index (Phi) is 9.22. The van der Waals surface area contributed by atoms with E-state index in [1.807, 2.05) is 19.9 Å². The van der Waals surface area contributed by atoms with E-state index in [4.69, 9.17) is 14.2 Å². The van der Waals surface area contributed by atoms with Crippen LogP contribution in [0.5, 0.6) is 11.5 Å². The Hall–Kier alpha value is -2.82. The summed E-state index contributed by atoms with van der Waals surface area (Å²) in [5.74, 6) is -0.0236. The second kappa shape index (κ2) is 11.9. The van der Waals surface area contributed by atoms with Crippen molar-refractivity contribution < 1.29 is 23.8 Å². The smallest absolute Gasteiger partial charge is 0.343 e. The maximum absolute atomic E-state index is 12.4. The van der Waals surface area contributed by atoms with Gasteiger partial charge in [-0.1, -0.05) is 44.7 Å². The highest BCUT2D eigenvalue weighted by molar-refractivity contribution is 5.94. The summed E-state index contributed by atoms with van der Waals surface area (Å²) in [5.41, 5.74) is 0.763. The van der Waals surface area contributed by atoms with Crippen molar-refractivity contribution in [3.8, 4) is 11.5 Å². The summed E-state index contributed by atoms with van der Waals surface area (Å²) in [5, 5.41) is 0. The molecule has 2 aromatic carbocycles. The molecule has 0 saturated carbocycles. The minimum atomic E-state index is -0.513. The lowest BCUT2D eigenvalue weighted by atomic mass is 10.1. The van der Waals surface area contributed by atoms with E-state index in [-0.39, 0.29) is 12.1 Å². The first kappa shape index (κ1) is 22.5. The second-order valence-corrected chi connectivity index (χ2v) is 7.13. The molecular weight excluding hydrogens is 368 g/mol. The van der Waals surface area contributed by atoms with Gasteiger partial charge in [0.15, 0.2) is 11.5 Å². The second-order valence-electron chi connectivity index (χ2n) is 7.13. The van der Waals surface area contributed by atoms with Gasteiger partial charge in [0.05, 0.1) is 23.8 Å². The van der Waals surface area contributed by atoms with E-state index in [0.717, 1.165) is 19.3 Å². The van der Waals surface area contributed by atoms with Crippen molar-refractivity contribution in [3.05, 3.63) is 59.7 Å². The zero-order valence-corrected chi connectivity index (χ0v) is 17.5. The van der Waals surface area contributed by atoms with Gasteiger partial charge in [0, 0.05) is 0 Å². The van der Waals surface area contributed by atoms with E-state index in [1.54, 1.807) is 42.5 Å². The summed E-state index contributed by atoms with van der Waals surface area (Å²) in [7, 11) is 0. The molecule has 0 heterocycles. The molecule has 0 aliphatic rings. The minimum absolute atomic E-state index is 0.0354. The molecule has 5 heteroatoms. The standard InChI is InChI=1S/C24H30O5/c1-4-5-6-7-10-17-27-23(25)19-13-15-20(16-14-19)24(26)29-22-12-9-8-11-21(22)28-18(2)3/h8-9,11-16,18H,4-7,10,17H2,1-3H3. The lowest BCUT2D eigenvalue weighted by Crippen LogP contribution is -2.12. The van der Waals surface area contributed by atoms with Crippen LogP contribution in [0.3, 0.4) is 0 Å². The highest BCUT2D eigenvalue weighted by Crippen LogP contribution is 2.28. The van der Waals surface area contributed by atoms with Crippen LogP contribution >= 0.6 is 0 Å². The van der Waals surface area contributed by atoms with Crippen LogP contribution in [0.2, 0.25) is 0 Å². The summed E-state index contributed by atoms with van der Waals surface area (Å²) in [6.45, 7) is 6.39. The number of carbonyl (C=O) groups excluding carboxylic acids is 2. The quantitative estimate of drug-likeness (QED) is 0.271. The first-order valence-electron chi connectivity index (χ1n) is 10.3. The molecule has 0 fully saturated rings. The maximum Gasteiger partial charge on any atom is 0.343 e. The molecule has 156 valence electrons. The van der Waals surface area contributed by atoms with Gasteiger partial charge in [-0.25, -0.2) is 9.59 Å². The molecule has 0 radical (unpaired) electrons. The van der Waals surface area contributed by atoms with E-state index < -0.39 is 5.97 Å². The topological polar surface area (TPSA) is 61.8 Å². The maximum atomic E-state index is 12.4. The molecule has 0 aliphatic heterocycles. The van der Waals surface area contributed by atoms with Crippen LogP contribution in [0, 0.1) is 0 Å². The molecule has 0 unspecified atom stereocenters. The van der Waals surface area contributed by atoms with Gasteiger partial charge in [-0.15, -0.1) is 0 Å². The van der Waals surface area contributed by atoms with Crippen LogP contribution < -0.4 is 9.47 Å². The normalized spacial score (nSPS) is 10.6. The number of unbranched alkanes of at least 4 members (excludes halogenated alkanes) is 4. The molecule has 29 heavy (non-hydrogen) atoms. The number of para-hydroxylation sites is 2. The van der Waals surface area contributed by atoms with Crippen molar-refractivity contribution in [2.24, 2.45) is 0 Å². The summed E-state index contributed by atoms with van der Waals surface area (Å²) >= 11 is 0. The Balaban J connectivity index is 1.89. The third-order valence-electron chi connectivity index (χ3n) is 4.25. The van der Waals surface area contributed by atoms with Gasteiger partial charge in [-0.2, -0.15) is 0 Å². The van der Waals surface area contributed by atoms with Crippen LogP contribution in [0.1, 0.15) is 73.6 Å². The summed E-state index contributed by atoms with van der Waals surface area (Å²) in [6, 6.07) is 13.3. The number of rotatable bonds is 11. The van der Waals surface area contributed by atoms with Gasteiger partial charge in [-0.05, 0) is 56.7 Å². The predicted molar refractivity (Wildman–Crippen MR) is 113 cm³/mol. The van der Waals surface area contributed by atoms with Crippen LogP contribution in [-0.2, 0) is 4.74 Å². The largest absolute Gasteiger partial charge is 0.487 e. The Morgan fingerprint density at radius 2 is 1.38 bits per heavy atom. The zero-order valence-electron chi connectivity index (χ0n) is 17.5. The Labute approximate surface area is 173 Å². The average Bonchev–Trinajstić information content (AvgIpc) is 2.71. The van der Waals surface area contributed by atoms with Crippen molar-refractivity contribution in [1.29, 1.82) is 0 Å². The van der Waals surface area contributed by atoms with Crippen LogP contribution in [0.25, 0.3) is 0 Å². The third-order valence-corrected chi connectivity index (χ3v) is 4.25. The minimum Gasteiger partial charge on any atom is -0.487 e. The number of esters is 2. The fraction of sp³-hybridized carbons (Fsp3) is 0.417. The fourth-order valence-corrected chi connectivity index (χ4v) is 2.74. The van der Waals surface area contributed by atoms with Gasteiger partial charge < -0.3 is 14.2 Å². The van der Waals surface area contributed by atoms with Crippen molar-refractivity contribution >= 4 is 11.9 Å². The third kappa shape index (κ3) is 7.60. The first-order chi connectivity index (χ1) is 14.0. The van der Waals surface area contributed by atoms with Crippen LogP contribution in [0.4, 0.5) is 0 Å². The van der Waals surface area contributed by atoms with Gasteiger partial charge in [-0.3, -0.25) is 0 Å². The monoisotopic (exact) mass is 398 g/mol. The lowest BCUT2D eigenvalue weighted by Gasteiger charge is -2.13. The van der Waals surface area contributed by atoms with Crippen molar-refractivity contribution in [2.45, 2.75) is 59.0 Å². The molecule has 0 aromatic heterocycles. The summed E-state index contributed by atoms with van der Waals surface area (Å²) in [6.07, 6.45) is 5.45. The molecule has 2 rings (SSSR count). The van der Waals surface area contributed by atoms with E-state index in [1.165, 1.54) is 12.8 Å². The molecule has 0 spiro atoms. The molecule has 0 aliphatic carbocycles. The zero-order chi connectivity index (χ0) is 21.1. The van der Waals surface area contributed by atoms with Crippen molar-refractivity contribution in [1.82, 2.24) is 0 Å². The molecule has 0 bridgehead atoms. The number of benzene rings is 2. The number of ether oxygens (including phenoxy) is 3. The Bertz CT molecular complexity index is 780. The van der Waals surface area contributed by atoms with Crippen molar-refractivity contribution in [3.63, 3.8) is 0 Å². The molecule has 5 nitrogen and oxygen atoms in total. The number of hydrogen-bond donors (Lipinski definition) is 0.